The predicted octanol–water partition coefficient (Wildman–Crippen LogP) is 4.29. The van der Waals surface area contributed by atoms with E-state index < -0.39 is 0 Å². The lowest BCUT2D eigenvalue weighted by Crippen LogP contribution is -1.91. The summed E-state index contributed by atoms with van der Waals surface area (Å²) < 4.78 is 7.36. The highest BCUT2D eigenvalue weighted by atomic mass is 35.5. The molecule has 3 aromatic rings. The van der Waals surface area contributed by atoms with E-state index in [1.54, 1.807) is 7.11 Å². The van der Waals surface area contributed by atoms with Gasteiger partial charge in [0.25, 0.3) is 0 Å². The Bertz CT molecular complexity index is 685. The van der Waals surface area contributed by atoms with Gasteiger partial charge in [0.2, 0.25) is 0 Å². The highest BCUT2D eigenvalue weighted by molar-refractivity contribution is 6.30. The zero-order valence-corrected chi connectivity index (χ0v) is 10.7. The van der Waals surface area contributed by atoms with Crippen LogP contribution in [0.1, 0.15) is 0 Å². The Hall–Kier alpha value is -1.93. The average molecular weight is 258 g/mol. The van der Waals surface area contributed by atoms with E-state index >= 15 is 0 Å². The molecule has 0 fully saturated rings. The van der Waals surface area contributed by atoms with Crippen LogP contribution in [0, 0.1) is 0 Å². The Labute approximate surface area is 110 Å². The van der Waals surface area contributed by atoms with Gasteiger partial charge in [-0.1, -0.05) is 11.6 Å². The molecule has 0 aliphatic rings. The minimum atomic E-state index is 0.747. The molecule has 3 rings (SSSR count). The van der Waals surface area contributed by atoms with Gasteiger partial charge in [-0.25, -0.2) is 0 Å². The first-order valence-electron chi connectivity index (χ1n) is 5.69. The number of ether oxygens (including phenoxy) is 1. The fourth-order valence-electron chi connectivity index (χ4n) is 2.07. The first-order valence-corrected chi connectivity index (χ1v) is 6.07. The predicted molar refractivity (Wildman–Crippen MR) is 74.8 cm³/mol. The monoisotopic (exact) mass is 257 g/mol. The van der Waals surface area contributed by atoms with Crippen molar-refractivity contribution in [2.75, 3.05) is 7.11 Å². The molecular formula is C15H12ClNO. The summed E-state index contributed by atoms with van der Waals surface area (Å²) >= 11 is 5.91. The third-order valence-corrected chi connectivity index (χ3v) is 3.25. The van der Waals surface area contributed by atoms with Gasteiger partial charge in [-0.15, -0.1) is 0 Å². The fraction of sp³-hybridized carbons (Fsp3) is 0.0667. The van der Waals surface area contributed by atoms with Crippen LogP contribution < -0.4 is 4.74 Å². The maximum absolute atomic E-state index is 5.91. The number of nitrogens with zero attached hydrogens (tertiary/aromatic N) is 1. The van der Waals surface area contributed by atoms with Crippen LogP contribution in [-0.2, 0) is 0 Å². The van der Waals surface area contributed by atoms with Crippen LogP contribution in [0.25, 0.3) is 16.6 Å². The molecule has 0 N–H and O–H groups in total. The molecular weight excluding hydrogens is 246 g/mol. The molecule has 90 valence electrons. The molecule has 1 aromatic heterocycles. The summed E-state index contributed by atoms with van der Waals surface area (Å²) in [7, 11) is 1.68. The molecule has 0 saturated heterocycles. The van der Waals surface area contributed by atoms with Gasteiger partial charge in [0.1, 0.15) is 5.75 Å². The van der Waals surface area contributed by atoms with E-state index in [2.05, 4.69) is 16.7 Å². The molecule has 0 bridgehead atoms. The number of rotatable bonds is 2. The standard InChI is InChI=1S/C15H12ClNO/c1-18-14-6-7-15-11(10-14)8-9-17(15)13-4-2-12(16)3-5-13/h2-10H,1H3. The largest absolute Gasteiger partial charge is 0.497 e. The molecule has 0 aliphatic carbocycles. The van der Waals surface area contributed by atoms with E-state index in [4.69, 9.17) is 16.3 Å². The second-order valence-electron chi connectivity index (χ2n) is 4.09. The zero-order valence-electron chi connectivity index (χ0n) is 9.93. The summed E-state index contributed by atoms with van der Waals surface area (Å²) in [6.07, 6.45) is 2.05. The molecule has 1 heterocycles. The van der Waals surface area contributed by atoms with E-state index in [1.165, 1.54) is 0 Å². The summed E-state index contributed by atoms with van der Waals surface area (Å²) in [4.78, 5) is 0. The van der Waals surface area contributed by atoms with E-state index in [1.807, 2.05) is 42.6 Å². The topological polar surface area (TPSA) is 14.2 Å². The summed E-state index contributed by atoms with van der Waals surface area (Å²) in [6, 6.07) is 15.9. The van der Waals surface area contributed by atoms with Crippen LogP contribution >= 0.6 is 11.6 Å². The number of methoxy groups -OCH3 is 1. The van der Waals surface area contributed by atoms with Crippen molar-refractivity contribution in [2.45, 2.75) is 0 Å². The Kier molecular flexibility index (Phi) is 2.73. The summed E-state index contributed by atoms with van der Waals surface area (Å²) in [5, 5.41) is 1.90. The van der Waals surface area contributed by atoms with Crippen molar-refractivity contribution in [1.82, 2.24) is 4.57 Å². The lowest BCUT2D eigenvalue weighted by atomic mass is 10.2. The van der Waals surface area contributed by atoms with Crippen LogP contribution in [0.5, 0.6) is 5.75 Å². The van der Waals surface area contributed by atoms with E-state index in [0.29, 0.717) is 0 Å². The SMILES string of the molecule is COc1ccc2c(ccn2-c2ccc(Cl)cc2)c1. The number of hydrogen-bond donors (Lipinski definition) is 0. The van der Waals surface area contributed by atoms with Gasteiger partial charge in [0, 0.05) is 22.3 Å². The highest BCUT2D eigenvalue weighted by Gasteiger charge is 2.04. The summed E-state index contributed by atoms with van der Waals surface area (Å²) in [6.45, 7) is 0. The minimum Gasteiger partial charge on any atom is -0.497 e. The van der Waals surface area contributed by atoms with Gasteiger partial charge in [-0.05, 0) is 48.5 Å². The van der Waals surface area contributed by atoms with Crippen molar-refractivity contribution in [1.29, 1.82) is 0 Å². The van der Waals surface area contributed by atoms with E-state index in [0.717, 1.165) is 27.4 Å². The average Bonchev–Trinajstić information content (AvgIpc) is 2.82. The number of hydrogen-bond acceptors (Lipinski definition) is 1. The van der Waals surface area contributed by atoms with Crippen molar-refractivity contribution in [3.63, 3.8) is 0 Å². The number of benzene rings is 2. The Morgan fingerprint density at radius 3 is 2.50 bits per heavy atom. The lowest BCUT2D eigenvalue weighted by Gasteiger charge is -2.06. The number of fused-ring (bicyclic) bond motifs is 1. The highest BCUT2D eigenvalue weighted by Crippen LogP contribution is 2.25. The third-order valence-electron chi connectivity index (χ3n) is 3.00. The quantitative estimate of drug-likeness (QED) is 0.668. The summed E-state index contributed by atoms with van der Waals surface area (Å²) in [5.41, 5.74) is 2.25. The molecule has 0 saturated carbocycles. The Morgan fingerprint density at radius 1 is 1.00 bits per heavy atom. The van der Waals surface area contributed by atoms with Crippen molar-refractivity contribution < 1.29 is 4.74 Å². The number of halogens is 1. The molecule has 0 aliphatic heterocycles. The minimum absolute atomic E-state index is 0.747. The normalized spacial score (nSPS) is 10.8. The first kappa shape index (κ1) is 11.2. The van der Waals surface area contributed by atoms with Crippen LogP contribution in [0.4, 0.5) is 0 Å². The Morgan fingerprint density at radius 2 is 1.78 bits per heavy atom. The maximum atomic E-state index is 5.91. The molecule has 18 heavy (non-hydrogen) atoms. The molecule has 0 unspecified atom stereocenters. The number of aromatic nitrogens is 1. The van der Waals surface area contributed by atoms with Crippen LogP contribution in [-0.4, -0.2) is 11.7 Å². The fourth-order valence-corrected chi connectivity index (χ4v) is 2.20. The van der Waals surface area contributed by atoms with Crippen LogP contribution in [0.2, 0.25) is 5.02 Å². The molecule has 3 heteroatoms. The van der Waals surface area contributed by atoms with Crippen LogP contribution in [0.15, 0.2) is 54.7 Å². The van der Waals surface area contributed by atoms with Gasteiger partial charge in [-0.3, -0.25) is 0 Å². The van der Waals surface area contributed by atoms with Gasteiger partial charge in [-0.2, -0.15) is 0 Å². The van der Waals surface area contributed by atoms with Gasteiger partial charge in [0.05, 0.1) is 12.6 Å². The van der Waals surface area contributed by atoms with E-state index in [9.17, 15) is 0 Å². The molecule has 0 radical (unpaired) electrons. The molecule has 2 nitrogen and oxygen atoms in total. The van der Waals surface area contributed by atoms with Crippen molar-refractivity contribution in [2.24, 2.45) is 0 Å². The Balaban J connectivity index is 2.15. The second kappa shape index (κ2) is 4.39. The maximum Gasteiger partial charge on any atom is 0.119 e. The van der Waals surface area contributed by atoms with Crippen molar-refractivity contribution in [3.05, 3.63) is 59.8 Å². The van der Waals surface area contributed by atoms with Gasteiger partial charge in [0.15, 0.2) is 0 Å². The molecule has 0 amide bonds. The third kappa shape index (κ3) is 1.85. The van der Waals surface area contributed by atoms with Gasteiger partial charge < -0.3 is 9.30 Å². The van der Waals surface area contributed by atoms with Crippen LogP contribution in [0.3, 0.4) is 0 Å². The smallest absolute Gasteiger partial charge is 0.119 e. The van der Waals surface area contributed by atoms with E-state index in [-0.39, 0.29) is 0 Å². The lowest BCUT2D eigenvalue weighted by molar-refractivity contribution is 0.415. The molecule has 0 spiro atoms. The van der Waals surface area contributed by atoms with Crippen molar-refractivity contribution in [3.8, 4) is 11.4 Å². The second-order valence-corrected chi connectivity index (χ2v) is 4.52. The molecule has 0 atom stereocenters. The summed E-state index contributed by atoms with van der Waals surface area (Å²) in [5.74, 6) is 0.872. The van der Waals surface area contributed by atoms with Gasteiger partial charge >= 0.3 is 0 Å². The zero-order chi connectivity index (χ0) is 12.5. The van der Waals surface area contributed by atoms with Crippen molar-refractivity contribution >= 4 is 22.5 Å². The first-order chi connectivity index (χ1) is 8.78. The molecule has 2 aromatic carbocycles.